The predicted octanol–water partition coefficient (Wildman–Crippen LogP) is 5.51. The number of hydrogen-bond donors (Lipinski definition) is 2. The first-order valence-corrected chi connectivity index (χ1v) is 11.7. The van der Waals surface area contributed by atoms with Crippen LogP contribution >= 0.6 is 0 Å². The highest BCUT2D eigenvalue weighted by Gasteiger charge is 2.59. The van der Waals surface area contributed by atoms with E-state index in [0.717, 1.165) is 30.1 Å². The molecule has 0 amide bonds. The third kappa shape index (κ3) is 3.16. The van der Waals surface area contributed by atoms with Gasteiger partial charge in [0, 0.05) is 0 Å². The first kappa shape index (κ1) is 19.7. The van der Waals surface area contributed by atoms with E-state index in [1.807, 2.05) is 0 Å². The van der Waals surface area contributed by atoms with Gasteiger partial charge in [-0.2, -0.15) is 0 Å². The van der Waals surface area contributed by atoms with Crippen molar-refractivity contribution in [3.05, 3.63) is 0 Å². The third-order valence-corrected chi connectivity index (χ3v) is 10.2. The number of carbonyl (C=O) groups is 1. The predicted molar refractivity (Wildman–Crippen MR) is 107 cm³/mol. The van der Waals surface area contributed by atoms with Gasteiger partial charge in [-0.1, -0.05) is 26.7 Å². The molecule has 0 saturated heterocycles. The SMILES string of the molecule is CC12CCCCC1CCC1C2CCC2(C)C(CCC(CO)C(=O)O)CCC12. The van der Waals surface area contributed by atoms with Crippen molar-refractivity contribution in [3.63, 3.8) is 0 Å². The summed E-state index contributed by atoms with van der Waals surface area (Å²) in [6.07, 6.45) is 15.8. The Morgan fingerprint density at radius 2 is 1.74 bits per heavy atom. The Morgan fingerprint density at radius 1 is 0.963 bits per heavy atom. The molecule has 0 aromatic carbocycles. The van der Waals surface area contributed by atoms with Gasteiger partial charge < -0.3 is 10.2 Å². The zero-order valence-corrected chi connectivity index (χ0v) is 17.5. The summed E-state index contributed by atoms with van der Waals surface area (Å²) in [6, 6.07) is 0. The van der Waals surface area contributed by atoms with E-state index in [1.54, 1.807) is 0 Å². The molecule has 4 rings (SSSR count). The molecule has 154 valence electrons. The van der Waals surface area contributed by atoms with Crippen LogP contribution in [-0.4, -0.2) is 22.8 Å². The maximum atomic E-state index is 11.3. The minimum Gasteiger partial charge on any atom is -0.481 e. The highest BCUT2D eigenvalue weighted by atomic mass is 16.4. The Balaban J connectivity index is 1.47. The van der Waals surface area contributed by atoms with Gasteiger partial charge in [-0.05, 0) is 105 Å². The second-order valence-electron chi connectivity index (χ2n) is 11.0. The van der Waals surface area contributed by atoms with E-state index in [1.165, 1.54) is 64.2 Å². The molecule has 0 radical (unpaired) electrons. The first-order valence-electron chi connectivity index (χ1n) is 11.7. The lowest BCUT2D eigenvalue weighted by Crippen LogP contribution is -2.52. The van der Waals surface area contributed by atoms with Crippen molar-refractivity contribution < 1.29 is 15.0 Å². The summed E-state index contributed by atoms with van der Waals surface area (Å²) in [6.45, 7) is 4.96. The molecular weight excluding hydrogens is 336 g/mol. The zero-order chi connectivity index (χ0) is 19.2. The number of hydrogen-bond acceptors (Lipinski definition) is 2. The average Bonchev–Trinajstić information content (AvgIpc) is 2.98. The molecule has 4 fully saturated rings. The van der Waals surface area contributed by atoms with Crippen molar-refractivity contribution in [1.82, 2.24) is 0 Å². The number of aliphatic hydroxyl groups is 1. The quantitative estimate of drug-likeness (QED) is 0.665. The Morgan fingerprint density at radius 3 is 2.48 bits per heavy atom. The fourth-order valence-corrected chi connectivity index (χ4v) is 8.57. The fraction of sp³-hybridized carbons (Fsp3) is 0.958. The number of fused-ring (bicyclic) bond motifs is 5. The van der Waals surface area contributed by atoms with Crippen LogP contribution in [0.25, 0.3) is 0 Å². The third-order valence-electron chi connectivity index (χ3n) is 10.2. The second kappa shape index (κ2) is 7.35. The fourth-order valence-electron chi connectivity index (χ4n) is 8.57. The summed E-state index contributed by atoms with van der Waals surface area (Å²) in [5.41, 5.74) is 1.02. The molecule has 27 heavy (non-hydrogen) atoms. The summed E-state index contributed by atoms with van der Waals surface area (Å²) < 4.78 is 0. The Bertz CT molecular complexity index is 560. The highest BCUT2D eigenvalue weighted by molar-refractivity contribution is 5.70. The van der Waals surface area contributed by atoms with Crippen molar-refractivity contribution in [2.45, 2.75) is 90.9 Å². The zero-order valence-electron chi connectivity index (χ0n) is 17.5. The number of rotatable bonds is 5. The summed E-state index contributed by atoms with van der Waals surface area (Å²) in [5, 5.41) is 18.7. The Hall–Kier alpha value is -0.570. The van der Waals surface area contributed by atoms with Crippen LogP contribution in [0.1, 0.15) is 90.9 Å². The Kier molecular flexibility index (Phi) is 5.37. The van der Waals surface area contributed by atoms with Gasteiger partial charge in [0.2, 0.25) is 0 Å². The van der Waals surface area contributed by atoms with Gasteiger partial charge in [0.05, 0.1) is 12.5 Å². The molecule has 8 unspecified atom stereocenters. The average molecular weight is 377 g/mol. The van der Waals surface area contributed by atoms with Crippen LogP contribution in [0.4, 0.5) is 0 Å². The molecule has 0 bridgehead atoms. The number of aliphatic carboxylic acids is 1. The van der Waals surface area contributed by atoms with E-state index in [9.17, 15) is 15.0 Å². The molecule has 8 atom stereocenters. The first-order chi connectivity index (χ1) is 12.9. The van der Waals surface area contributed by atoms with E-state index >= 15 is 0 Å². The lowest BCUT2D eigenvalue weighted by Gasteiger charge is -2.60. The molecule has 4 aliphatic rings. The molecule has 0 aromatic heterocycles. The highest BCUT2D eigenvalue weighted by Crippen LogP contribution is 2.67. The molecule has 0 aromatic rings. The molecule has 0 aliphatic heterocycles. The number of carboxylic acids is 1. The van der Waals surface area contributed by atoms with Gasteiger partial charge in [0.25, 0.3) is 0 Å². The van der Waals surface area contributed by atoms with Gasteiger partial charge >= 0.3 is 5.97 Å². The standard InChI is InChI=1S/C24H40O3/c1-23-13-4-3-5-17(23)8-10-19-20-11-9-18(7-6-16(15-25)22(26)27)24(20,2)14-12-21(19)23/h16-21,25H,3-15H2,1-2H3,(H,26,27). The van der Waals surface area contributed by atoms with Crippen LogP contribution in [-0.2, 0) is 4.79 Å². The van der Waals surface area contributed by atoms with Crippen molar-refractivity contribution in [2.75, 3.05) is 6.61 Å². The van der Waals surface area contributed by atoms with Crippen LogP contribution in [0.3, 0.4) is 0 Å². The van der Waals surface area contributed by atoms with Gasteiger partial charge in [-0.3, -0.25) is 4.79 Å². The molecule has 0 spiro atoms. The van der Waals surface area contributed by atoms with Crippen molar-refractivity contribution >= 4 is 5.97 Å². The van der Waals surface area contributed by atoms with Crippen molar-refractivity contribution in [3.8, 4) is 0 Å². The maximum Gasteiger partial charge on any atom is 0.308 e. The number of carboxylic acid groups (broad SMARTS) is 1. The normalized spacial score (nSPS) is 47.6. The minimum absolute atomic E-state index is 0.216. The van der Waals surface area contributed by atoms with Gasteiger partial charge in [0.15, 0.2) is 0 Å². The summed E-state index contributed by atoms with van der Waals surface area (Å²) >= 11 is 0. The molecular formula is C24H40O3. The summed E-state index contributed by atoms with van der Waals surface area (Å²) in [4.78, 5) is 11.3. The van der Waals surface area contributed by atoms with Crippen LogP contribution in [0.15, 0.2) is 0 Å². The van der Waals surface area contributed by atoms with E-state index in [2.05, 4.69) is 13.8 Å². The minimum atomic E-state index is -0.829. The van der Waals surface area contributed by atoms with Gasteiger partial charge in [-0.15, -0.1) is 0 Å². The maximum absolute atomic E-state index is 11.3. The monoisotopic (exact) mass is 376 g/mol. The molecule has 3 heteroatoms. The van der Waals surface area contributed by atoms with Crippen LogP contribution in [0, 0.1) is 46.3 Å². The summed E-state index contributed by atoms with van der Waals surface area (Å²) in [5.74, 6) is 2.96. The lowest BCUT2D eigenvalue weighted by molar-refractivity contribution is -0.143. The summed E-state index contributed by atoms with van der Waals surface area (Å²) in [7, 11) is 0. The van der Waals surface area contributed by atoms with Crippen LogP contribution < -0.4 is 0 Å². The molecule has 3 nitrogen and oxygen atoms in total. The molecule has 4 saturated carbocycles. The van der Waals surface area contributed by atoms with Gasteiger partial charge in [-0.25, -0.2) is 0 Å². The van der Waals surface area contributed by atoms with Crippen LogP contribution in [0.2, 0.25) is 0 Å². The van der Waals surface area contributed by atoms with Crippen molar-refractivity contribution in [2.24, 2.45) is 46.3 Å². The lowest BCUT2D eigenvalue weighted by atomic mass is 9.45. The van der Waals surface area contributed by atoms with Crippen molar-refractivity contribution in [1.29, 1.82) is 0 Å². The topological polar surface area (TPSA) is 57.5 Å². The number of aliphatic hydroxyl groups excluding tert-OH is 1. The molecule has 2 N–H and O–H groups in total. The van der Waals surface area contributed by atoms with E-state index in [-0.39, 0.29) is 6.61 Å². The van der Waals surface area contributed by atoms with Crippen LogP contribution in [0.5, 0.6) is 0 Å². The molecule has 0 heterocycles. The molecule has 4 aliphatic carbocycles. The second-order valence-corrected chi connectivity index (χ2v) is 11.0. The Labute approximate surface area is 165 Å². The van der Waals surface area contributed by atoms with E-state index in [0.29, 0.717) is 23.2 Å². The van der Waals surface area contributed by atoms with Gasteiger partial charge in [0.1, 0.15) is 0 Å². The largest absolute Gasteiger partial charge is 0.481 e. The smallest absolute Gasteiger partial charge is 0.308 e. The van der Waals surface area contributed by atoms with E-state index in [4.69, 9.17) is 0 Å². The van der Waals surface area contributed by atoms with E-state index < -0.39 is 11.9 Å².